The van der Waals surface area contributed by atoms with Gasteiger partial charge in [0.1, 0.15) is 0 Å². The second-order valence-corrected chi connectivity index (χ2v) is 4.70. The van der Waals surface area contributed by atoms with Crippen LogP contribution in [0, 0.1) is 0 Å². The summed E-state index contributed by atoms with van der Waals surface area (Å²) in [6.45, 7) is 0.175. The highest BCUT2D eigenvalue weighted by Crippen LogP contribution is 2.22. The minimum absolute atomic E-state index is 0.175. The van der Waals surface area contributed by atoms with E-state index in [1.165, 1.54) is 11.8 Å². The molecular formula is C11H12N3O3S+. The van der Waals surface area contributed by atoms with Gasteiger partial charge >= 0.3 is 0 Å². The molecule has 0 aromatic heterocycles. The highest BCUT2D eigenvalue weighted by atomic mass is 32.2. The number of fused-ring (bicyclic) bond motifs is 1. The third kappa shape index (κ3) is 2.36. The first-order chi connectivity index (χ1) is 8.61. The molecule has 6 nitrogen and oxygen atoms in total. The zero-order chi connectivity index (χ0) is 13.1. The minimum atomic E-state index is -0.440. The van der Waals surface area contributed by atoms with Gasteiger partial charge in [0, 0.05) is 5.75 Å². The second kappa shape index (κ2) is 5.19. The van der Waals surface area contributed by atoms with E-state index in [1.54, 1.807) is 24.3 Å². The molecule has 1 aromatic rings. The van der Waals surface area contributed by atoms with Crippen LogP contribution in [-0.2, 0) is 4.84 Å². The van der Waals surface area contributed by atoms with Crippen molar-refractivity contribution in [2.45, 2.75) is 0 Å². The first kappa shape index (κ1) is 12.6. The average molecular weight is 266 g/mol. The lowest BCUT2D eigenvalue weighted by atomic mass is 10.1. The number of hydrogen-bond acceptors (Lipinski definition) is 4. The second-order valence-electron chi connectivity index (χ2n) is 3.53. The molecule has 18 heavy (non-hydrogen) atoms. The van der Waals surface area contributed by atoms with Crippen molar-refractivity contribution in [2.24, 2.45) is 5.73 Å². The van der Waals surface area contributed by atoms with Gasteiger partial charge in [0.25, 0.3) is 17.0 Å². The number of amidine groups is 1. The number of carbonyl (C=O) groups excluding carboxylic acids is 2. The fourth-order valence-electron chi connectivity index (χ4n) is 1.57. The Hall–Kier alpha value is -1.86. The highest BCUT2D eigenvalue weighted by molar-refractivity contribution is 8.13. The molecule has 1 heterocycles. The van der Waals surface area contributed by atoms with Gasteiger partial charge in [-0.2, -0.15) is 0 Å². The maximum Gasteiger partial charge on any atom is 0.299 e. The predicted octanol–water partition coefficient (Wildman–Crippen LogP) is -0.979. The zero-order valence-corrected chi connectivity index (χ0v) is 10.3. The Kier molecular flexibility index (Phi) is 3.63. The molecule has 0 radical (unpaired) electrons. The summed E-state index contributed by atoms with van der Waals surface area (Å²) in [5.74, 6) is -0.411. The van der Waals surface area contributed by atoms with Crippen LogP contribution in [-0.4, -0.2) is 34.4 Å². The van der Waals surface area contributed by atoms with Gasteiger partial charge in [0.05, 0.1) is 17.7 Å². The lowest BCUT2D eigenvalue weighted by Gasteiger charge is -2.12. The van der Waals surface area contributed by atoms with Gasteiger partial charge in [-0.3, -0.25) is 25.6 Å². The first-order valence-electron chi connectivity index (χ1n) is 5.22. The Balaban J connectivity index is 1.99. The van der Waals surface area contributed by atoms with Crippen molar-refractivity contribution in [1.29, 1.82) is 0 Å². The molecule has 1 aromatic carbocycles. The van der Waals surface area contributed by atoms with Crippen molar-refractivity contribution in [1.82, 2.24) is 5.06 Å². The number of carbonyl (C=O) groups is 2. The van der Waals surface area contributed by atoms with E-state index in [0.29, 0.717) is 16.9 Å². The molecule has 0 atom stereocenters. The fourth-order valence-corrected chi connectivity index (χ4v) is 1.97. The van der Waals surface area contributed by atoms with E-state index in [1.807, 2.05) is 0 Å². The Morgan fingerprint density at radius 2 is 1.83 bits per heavy atom. The number of nitrogens with zero attached hydrogens (tertiary/aromatic N) is 1. The molecule has 2 amide bonds. The lowest BCUT2D eigenvalue weighted by Crippen LogP contribution is -2.43. The van der Waals surface area contributed by atoms with Crippen molar-refractivity contribution in [3.8, 4) is 0 Å². The minimum Gasteiger partial charge on any atom is -0.282 e. The standard InChI is InChI=1S/C11H11N3O3S/c12-11(13)18-6-5-17-14-9(15)7-3-1-2-4-8(7)10(14)16/h1-4H,5-6H2,(H3,12,13)/p+1. The van der Waals surface area contributed by atoms with E-state index >= 15 is 0 Å². The van der Waals surface area contributed by atoms with Gasteiger partial charge < -0.3 is 0 Å². The molecule has 1 aliphatic rings. The summed E-state index contributed by atoms with van der Waals surface area (Å²) < 4.78 is 0. The van der Waals surface area contributed by atoms with Gasteiger partial charge in [-0.05, 0) is 23.9 Å². The van der Waals surface area contributed by atoms with E-state index in [9.17, 15) is 9.59 Å². The Morgan fingerprint density at radius 3 is 2.33 bits per heavy atom. The maximum atomic E-state index is 11.9. The molecule has 94 valence electrons. The van der Waals surface area contributed by atoms with Crippen molar-refractivity contribution in [3.05, 3.63) is 35.4 Å². The number of thioether (sulfide) groups is 1. The van der Waals surface area contributed by atoms with E-state index in [0.717, 1.165) is 5.06 Å². The number of imide groups is 1. The summed E-state index contributed by atoms with van der Waals surface area (Å²) in [4.78, 5) is 28.9. The normalized spacial score (nSPS) is 13.9. The monoisotopic (exact) mass is 266 g/mol. The number of nitrogens with two attached hydrogens (primary N) is 2. The quantitative estimate of drug-likeness (QED) is 0.316. The highest BCUT2D eigenvalue weighted by Gasteiger charge is 2.36. The van der Waals surface area contributed by atoms with Crippen molar-refractivity contribution in [2.75, 3.05) is 12.4 Å². The van der Waals surface area contributed by atoms with Crippen LogP contribution in [0.1, 0.15) is 20.7 Å². The molecule has 0 saturated carbocycles. The number of hydrogen-bond donors (Lipinski definition) is 2. The summed E-state index contributed by atoms with van der Waals surface area (Å²) in [6, 6.07) is 6.60. The molecule has 0 fully saturated rings. The van der Waals surface area contributed by atoms with Crippen LogP contribution in [0.4, 0.5) is 0 Å². The number of hydroxylamine groups is 2. The SMILES string of the molecule is NC(=[NH2+])SCCON1C(=O)c2ccccc2C1=O. The third-order valence-corrected chi connectivity index (χ3v) is 3.03. The van der Waals surface area contributed by atoms with E-state index in [2.05, 4.69) is 0 Å². The van der Waals surface area contributed by atoms with Crippen LogP contribution in [0.3, 0.4) is 0 Å². The smallest absolute Gasteiger partial charge is 0.282 e. The van der Waals surface area contributed by atoms with Crippen LogP contribution in [0.15, 0.2) is 24.3 Å². The topological polar surface area (TPSA) is 98.2 Å². The van der Waals surface area contributed by atoms with Crippen molar-refractivity contribution in [3.63, 3.8) is 0 Å². The van der Waals surface area contributed by atoms with Crippen molar-refractivity contribution < 1.29 is 19.8 Å². The molecule has 2 rings (SSSR count). The van der Waals surface area contributed by atoms with E-state index in [4.69, 9.17) is 16.0 Å². The number of benzene rings is 1. The summed E-state index contributed by atoms with van der Waals surface area (Å²) in [6.07, 6.45) is 0. The molecule has 0 saturated heterocycles. The molecular weight excluding hydrogens is 254 g/mol. The summed E-state index contributed by atoms with van der Waals surface area (Å²) >= 11 is 1.20. The van der Waals surface area contributed by atoms with Crippen LogP contribution in [0.2, 0.25) is 0 Å². The van der Waals surface area contributed by atoms with Crippen LogP contribution in [0.5, 0.6) is 0 Å². The lowest BCUT2D eigenvalue weighted by molar-refractivity contribution is -0.110. The van der Waals surface area contributed by atoms with E-state index < -0.39 is 11.8 Å². The average Bonchev–Trinajstić information content (AvgIpc) is 2.59. The summed E-state index contributed by atoms with van der Waals surface area (Å²) in [5.41, 5.74) is 5.99. The van der Waals surface area contributed by atoms with Gasteiger partial charge in [-0.25, -0.2) is 0 Å². The van der Waals surface area contributed by atoms with Crippen LogP contribution >= 0.6 is 11.8 Å². The fraction of sp³-hybridized carbons (Fsp3) is 0.182. The third-order valence-electron chi connectivity index (χ3n) is 2.33. The van der Waals surface area contributed by atoms with Gasteiger partial charge in [-0.15, -0.1) is 5.06 Å². The van der Waals surface area contributed by atoms with Crippen LogP contribution < -0.4 is 11.1 Å². The van der Waals surface area contributed by atoms with Crippen LogP contribution in [0.25, 0.3) is 0 Å². The Morgan fingerprint density at radius 1 is 1.28 bits per heavy atom. The molecule has 0 aliphatic carbocycles. The maximum absolute atomic E-state index is 11.9. The van der Waals surface area contributed by atoms with Gasteiger partial charge in [0.2, 0.25) is 0 Å². The largest absolute Gasteiger partial charge is 0.299 e. The van der Waals surface area contributed by atoms with E-state index in [-0.39, 0.29) is 11.8 Å². The summed E-state index contributed by atoms with van der Waals surface area (Å²) in [7, 11) is 0. The molecule has 0 bridgehead atoms. The molecule has 1 aliphatic heterocycles. The molecule has 7 heteroatoms. The molecule has 0 unspecified atom stereocenters. The van der Waals surface area contributed by atoms with Gasteiger partial charge in [0.15, 0.2) is 0 Å². The van der Waals surface area contributed by atoms with Crippen molar-refractivity contribution >= 4 is 28.7 Å². The predicted molar refractivity (Wildman–Crippen MR) is 66.5 cm³/mol. The Labute approximate surface area is 108 Å². The molecule has 4 N–H and O–H groups in total. The Bertz CT molecular complexity index is 483. The van der Waals surface area contributed by atoms with Gasteiger partial charge in [-0.1, -0.05) is 12.1 Å². The molecule has 0 spiro atoms. The first-order valence-corrected chi connectivity index (χ1v) is 6.21. The number of rotatable bonds is 4. The summed E-state index contributed by atoms with van der Waals surface area (Å²) in [5, 5.41) is 6.26. The number of amides is 2. The zero-order valence-electron chi connectivity index (χ0n) is 9.46.